The molecule has 0 saturated heterocycles. The molecule has 0 aliphatic rings. The third-order valence-corrected chi connectivity index (χ3v) is 3.82. The van der Waals surface area contributed by atoms with Crippen molar-refractivity contribution < 1.29 is 4.74 Å². The molecule has 0 saturated carbocycles. The molecule has 3 aromatic carbocycles. The minimum Gasteiger partial charge on any atom is -0.496 e. The van der Waals surface area contributed by atoms with Crippen molar-refractivity contribution in [1.82, 2.24) is 0 Å². The van der Waals surface area contributed by atoms with E-state index in [9.17, 15) is 0 Å². The largest absolute Gasteiger partial charge is 0.496 e. The second kappa shape index (κ2) is 4.04. The molecule has 0 aromatic heterocycles. The van der Waals surface area contributed by atoms with Gasteiger partial charge in [0.2, 0.25) is 0 Å². The Morgan fingerprint density at radius 1 is 0.882 bits per heavy atom. The van der Waals surface area contributed by atoms with Crippen molar-refractivity contribution in [2.45, 2.75) is 0 Å². The van der Waals surface area contributed by atoms with Crippen LogP contribution in [0.3, 0.4) is 0 Å². The third kappa shape index (κ3) is 1.60. The van der Waals surface area contributed by atoms with Gasteiger partial charge in [0.05, 0.1) is 11.6 Å². The fourth-order valence-corrected chi connectivity index (χ4v) is 2.93. The zero-order valence-corrected chi connectivity index (χ0v) is 11.0. The van der Waals surface area contributed by atoms with E-state index >= 15 is 0 Å². The lowest BCUT2D eigenvalue weighted by atomic mass is 10.0. The van der Waals surface area contributed by atoms with Crippen LogP contribution < -0.4 is 4.74 Å². The summed E-state index contributed by atoms with van der Waals surface area (Å²) < 4.78 is 6.38. The maximum atomic E-state index is 5.36. The Morgan fingerprint density at radius 3 is 2.41 bits per heavy atom. The molecule has 3 rings (SSSR count). The van der Waals surface area contributed by atoms with Crippen molar-refractivity contribution >= 4 is 37.5 Å². The second-order valence-electron chi connectivity index (χ2n) is 3.97. The van der Waals surface area contributed by atoms with E-state index in [1.165, 1.54) is 21.5 Å². The van der Waals surface area contributed by atoms with Crippen LogP contribution in [0.4, 0.5) is 0 Å². The van der Waals surface area contributed by atoms with Gasteiger partial charge in [0, 0.05) is 5.39 Å². The molecule has 1 nitrogen and oxygen atoms in total. The minimum atomic E-state index is 0.869. The Labute approximate surface area is 108 Å². The van der Waals surface area contributed by atoms with Crippen LogP contribution >= 0.6 is 15.9 Å². The highest BCUT2D eigenvalue weighted by Gasteiger charge is 2.08. The van der Waals surface area contributed by atoms with Crippen LogP contribution in [-0.4, -0.2) is 7.11 Å². The summed E-state index contributed by atoms with van der Waals surface area (Å²) in [5, 5.41) is 4.92. The van der Waals surface area contributed by atoms with Gasteiger partial charge in [0.1, 0.15) is 5.75 Å². The van der Waals surface area contributed by atoms with E-state index < -0.39 is 0 Å². The summed E-state index contributed by atoms with van der Waals surface area (Å²) in [5.41, 5.74) is 0. The van der Waals surface area contributed by atoms with E-state index in [0.29, 0.717) is 0 Å². The number of hydrogen-bond donors (Lipinski definition) is 0. The normalized spacial score (nSPS) is 10.9. The summed E-state index contributed by atoms with van der Waals surface area (Å²) in [7, 11) is 1.69. The molecule has 0 spiro atoms. The molecule has 0 aliphatic carbocycles. The van der Waals surface area contributed by atoms with E-state index in [-0.39, 0.29) is 0 Å². The third-order valence-electron chi connectivity index (χ3n) is 3.03. The topological polar surface area (TPSA) is 9.23 Å². The fraction of sp³-hybridized carbons (Fsp3) is 0.0667. The number of hydrogen-bond acceptors (Lipinski definition) is 1. The molecular formula is C15H11BrO. The van der Waals surface area contributed by atoms with Crippen LogP contribution in [0.1, 0.15) is 0 Å². The van der Waals surface area contributed by atoms with Crippen molar-refractivity contribution in [2.24, 2.45) is 0 Å². The van der Waals surface area contributed by atoms with Gasteiger partial charge in [-0.2, -0.15) is 0 Å². The second-order valence-corrected chi connectivity index (χ2v) is 4.76. The zero-order valence-electron chi connectivity index (χ0n) is 9.41. The molecule has 0 amide bonds. The van der Waals surface area contributed by atoms with Crippen LogP contribution in [0.2, 0.25) is 0 Å². The highest BCUT2D eigenvalue weighted by Crippen LogP contribution is 2.37. The summed E-state index contributed by atoms with van der Waals surface area (Å²) in [4.78, 5) is 0. The smallest absolute Gasteiger partial charge is 0.133 e. The average Bonchev–Trinajstić information content (AvgIpc) is 2.38. The highest BCUT2D eigenvalue weighted by molar-refractivity contribution is 9.10. The van der Waals surface area contributed by atoms with Crippen molar-refractivity contribution in [1.29, 1.82) is 0 Å². The standard InChI is InChI=1S/C15H11BrO/c1-17-13-9-8-11-7-6-10-4-2-3-5-12(10)14(11)15(13)16/h2-9H,1H3. The summed E-state index contributed by atoms with van der Waals surface area (Å²) >= 11 is 3.64. The number of benzene rings is 3. The van der Waals surface area contributed by atoms with Crippen LogP contribution in [0.25, 0.3) is 21.5 Å². The van der Waals surface area contributed by atoms with Gasteiger partial charge in [-0.1, -0.05) is 42.5 Å². The van der Waals surface area contributed by atoms with Gasteiger partial charge in [0.25, 0.3) is 0 Å². The summed E-state index contributed by atoms with van der Waals surface area (Å²) in [6, 6.07) is 16.8. The van der Waals surface area contributed by atoms with E-state index in [1.807, 2.05) is 6.07 Å². The van der Waals surface area contributed by atoms with Crippen molar-refractivity contribution in [3.8, 4) is 5.75 Å². The number of methoxy groups -OCH3 is 1. The van der Waals surface area contributed by atoms with Crippen molar-refractivity contribution in [2.75, 3.05) is 7.11 Å². The molecule has 84 valence electrons. The maximum Gasteiger partial charge on any atom is 0.133 e. The molecular weight excluding hydrogens is 276 g/mol. The molecule has 0 fully saturated rings. The van der Waals surface area contributed by atoms with Gasteiger partial charge in [0.15, 0.2) is 0 Å². The summed E-state index contributed by atoms with van der Waals surface area (Å²) in [5.74, 6) is 0.869. The molecule has 17 heavy (non-hydrogen) atoms. The summed E-state index contributed by atoms with van der Waals surface area (Å²) in [6.45, 7) is 0. The first-order valence-electron chi connectivity index (χ1n) is 5.45. The van der Waals surface area contributed by atoms with Gasteiger partial charge in [-0.15, -0.1) is 0 Å². The molecule has 0 heterocycles. The fourth-order valence-electron chi connectivity index (χ4n) is 2.19. The quantitative estimate of drug-likeness (QED) is 0.586. The Kier molecular flexibility index (Phi) is 2.52. The molecule has 0 N–H and O–H groups in total. The van der Waals surface area contributed by atoms with Gasteiger partial charge in [-0.05, 0) is 38.2 Å². The van der Waals surface area contributed by atoms with Gasteiger partial charge < -0.3 is 4.74 Å². The van der Waals surface area contributed by atoms with Crippen molar-refractivity contribution in [3.05, 3.63) is 53.0 Å². The molecule has 2 heteroatoms. The average molecular weight is 287 g/mol. The number of rotatable bonds is 1. The molecule has 0 aliphatic heterocycles. The Bertz CT molecular complexity index is 704. The summed E-state index contributed by atoms with van der Waals surface area (Å²) in [6.07, 6.45) is 0. The van der Waals surface area contributed by atoms with Gasteiger partial charge in [-0.3, -0.25) is 0 Å². The van der Waals surface area contributed by atoms with Crippen LogP contribution in [0, 0.1) is 0 Å². The van der Waals surface area contributed by atoms with E-state index in [1.54, 1.807) is 7.11 Å². The Morgan fingerprint density at radius 2 is 1.59 bits per heavy atom. The SMILES string of the molecule is COc1ccc2ccc3ccccc3c2c1Br. The predicted octanol–water partition coefficient (Wildman–Crippen LogP) is 4.76. The molecule has 0 radical (unpaired) electrons. The lowest BCUT2D eigenvalue weighted by Crippen LogP contribution is -1.86. The van der Waals surface area contributed by atoms with Gasteiger partial charge in [-0.25, -0.2) is 0 Å². The first-order valence-corrected chi connectivity index (χ1v) is 6.24. The van der Waals surface area contributed by atoms with Crippen LogP contribution in [-0.2, 0) is 0 Å². The van der Waals surface area contributed by atoms with E-state index in [0.717, 1.165) is 10.2 Å². The predicted molar refractivity (Wildman–Crippen MR) is 75.7 cm³/mol. The lowest BCUT2D eigenvalue weighted by molar-refractivity contribution is 0.413. The van der Waals surface area contributed by atoms with E-state index in [4.69, 9.17) is 4.74 Å². The maximum absolute atomic E-state index is 5.36. The van der Waals surface area contributed by atoms with Crippen molar-refractivity contribution in [3.63, 3.8) is 0 Å². The number of halogens is 1. The van der Waals surface area contributed by atoms with Crippen LogP contribution in [0.5, 0.6) is 5.75 Å². The first kappa shape index (κ1) is 10.6. The number of ether oxygens (including phenoxy) is 1. The minimum absolute atomic E-state index is 0.869. The monoisotopic (exact) mass is 286 g/mol. The van der Waals surface area contributed by atoms with Gasteiger partial charge >= 0.3 is 0 Å². The molecule has 0 bridgehead atoms. The highest BCUT2D eigenvalue weighted by atomic mass is 79.9. The zero-order chi connectivity index (χ0) is 11.8. The lowest BCUT2D eigenvalue weighted by Gasteiger charge is -2.09. The molecule has 0 atom stereocenters. The molecule has 0 unspecified atom stereocenters. The molecule has 3 aromatic rings. The number of fused-ring (bicyclic) bond motifs is 3. The van der Waals surface area contributed by atoms with Crippen LogP contribution in [0.15, 0.2) is 53.0 Å². The Balaban J connectivity index is 2.55. The first-order chi connectivity index (χ1) is 8.31. The Hall–Kier alpha value is -1.54. The van der Waals surface area contributed by atoms with E-state index in [2.05, 4.69) is 58.4 Å².